The van der Waals surface area contributed by atoms with Gasteiger partial charge in [-0.1, -0.05) is 17.7 Å². The molecular formula is C24H20ClFN4O3. The summed E-state index contributed by atoms with van der Waals surface area (Å²) in [6, 6.07) is 13.8. The zero-order valence-corrected chi connectivity index (χ0v) is 18.4. The fourth-order valence-electron chi connectivity index (χ4n) is 4.15. The van der Waals surface area contributed by atoms with Crippen molar-refractivity contribution < 1.29 is 18.7 Å². The largest absolute Gasteiger partial charge is 0.454 e. The van der Waals surface area contributed by atoms with E-state index >= 15 is 0 Å². The van der Waals surface area contributed by atoms with Crippen molar-refractivity contribution in [1.29, 1.82) is 5.26 Å². The molecule has 1 saturated heterocycles. The van der Waals surface area contributed by atoms with E-state index < -0.39 is 5.82 Å². The molecule has 0 spiro atoms. The maximum Gasteiger partial charge on any atom is 0.272 e. The Kier molecular flexibility index (Phi) is 5.67. The van der Waals surface area contributed by atoms with Crippen LogP contribution in [-0.2, 0) is 6.54 Å². The first-order chi connectivity index (χ1) is 16.0. The third-order valence-electron chi connectivity index (χ3n) is 5.89. The molecule has 0 aliphatic carbocycles. The van der Waals surface area contributed by atoms with E-state index in [0.717, 1.165) is 23.6 Å². The van der Waals surface area contributed by atoms with Crippen molar-refractivity contribution in [3.05, 3.63) is 76.3 Å². The number of halogens is 2. The number of carbonyl (C=O) groups excluding carboxylic acids is 1. The van der Waals surface area contributed by atoms with Crippen LogP contribution in [0.25, 0.3) is 5.69 Å². The van der Waals surface area contributed by atoms with E-state index in [4.69, 9.17) is 21.1 Å². The van der Waals surface area contributed by atoms with Crippen molar-refractivity contribution >= 4 is 17.5 Å². The smallest absolute Gasteiger partial charge is 0.272 e. The van der Waals surface area contributed by atoms with Gasteiger partial charge in [-0.05, 0) is 42.0 Å². The standard InChI is InChI=1S/C24H20ClFN4O3/c25-19-12-18(2-3-20(19)26)30-6-5-17(13-27)23(30)24(31)29-9-7-28(8-10-29)14-16-1-4-21-22(11-16)33-15-32-21/h1-6,11-12H,7-10,14-15H2. The summed E-state index contributed by atoms with van der Waals surface area (Å²) < 4.78 is 26.0. The third kappa shape index (κ3) is 4.13. The molecule has 0 unspecified atom stereocenters. The SMILES string of the molecule is N#Cc1ccn(-c2ccc(F)c(Cl)c2)c1C(=O)N1CCN(Cc2ccc3c(c2)OCO3)CC1. The van der Waals surface area contributed by atoms with E-state index in [1.54, 1.807) is 21.7 Å². The van der Waals surface area contributed by atoms with Crippen molar-refractivity contribution in [3.8, 4) is 23.3 Å². The van der Waals surface area contributed by atoms with Gasteiger partial charge in [0.25, 0.3) is 5.91 Å². The molecule has 2 aliphatic rings. The van der Waals surface area contributed by atoms with E-state index in [-0.39, 0.29) is 29.0 Å². The predicted octanol–water partition coefficient (Wildman–Crippen LogP) is 3.83. The first-order valence-corrected chi connectivity index (χ1v) is 10.9. The van der Waals surface area contributed by atoms with Crippen molar-refractivity contribution in [2.24, 2.45) is 0 Å². The van der Waals surface area contributed by atoms with Crippen LogP contribution < -0.4 is 9.47 Å². The van der Waals surface area contributed by atoms with Gasteiger partial charge in [-0.3, -0.25) is 9.69 Å². The van der Waals surface area contributed by atoms with Crippen LogP contribution in [0.4, 0.5) is 4.39 Å². The molecule has 33 heavy (non-hydrogen) atoms. The monoisotopic (exact) mass is 466 g/mol. The maximum absolute atomic E-state index is 13.6. The van der Waals surface area contributed by atoms with Crippen LogP contribution in [0.3, 0.4) is 0 Å². The number of hydrogen-bond donors (Lipinski definition) is 0. The summed E-state index contributed by atoms with van der Waals surface area (Å²) in [7, 11) is 0. The van der Waals surface area contributed by atoms with E-state index in [9.17, 15) is 14.4 Å². The molecule has 3 heterocycles. The number of nitrogens with zero attached hydrogens (tertiary/aromatic N) is 4. The number of carbonyl (C=O) groups is 1. The minimum absolute atomic E-state index is 0.0461. The average Bonchev–Trinajstić information content (AvgIpc) is 3.47. The van der Waals surface area contributed by atoms with Gasteiger partial charge >= 0.3 is 0 Å². The van der Waals surface area contributed by atoms with Crippen molar-refractivity contribution in [3.63, 3.8) is 0 Å². The molecule has 2 aromatic carbocycles. The second-order valence-electron chi connectivity index (χ2n) is 7.91. The maximum atomic E-state index is 13.6. The first-order valence-electron chi connectivity index (χ1n) is 10.5. The number of aromatic nitrogens is 1. The molecule has 168 valence electrons. The molecule has 0 atom stereocenters. The third-order valence-corrected chi connectivity index (χ3v) is 6.18. The second-order valence-corrected chi connectivity index (χ2v) is 8.32. The Morgan fingerprint density at radius 1 is 1.06 bits per heavy atom. The molecule has 1 aromatic heterocycles. The molecule has 7 nitrogen and oxygen atoms in total. The summed E-state index contributed by atoms with van der Waals surface area (Å²) in [5, 5.41) is 9.50. The molecule has 0 bridgehead atoms. The Bertz CT molecular complexity index is 1260. The van der Waals surface area contributed by atoms with Gasteiger partial charge in [0.05, 0.1) is 10.6 Å². The van der Waals surface area contributed by atoms with Crippen LogP contribution in [0.1, 0.15) is 21.6 Å². The van der Waals surface area contributed by atoms with Gasteiger partial charge in [0, 0.05) is 44.6 Å². The molecule has 0 N–H and O–H groups in total. The van der Waals surface area contributed by atoms with E-state index in [1.165, 1.54) is 18.2 Å². The molecule has 3 aromatic rings. The highest BCUT2D eigenvalue weighted by Gasteiger charge is 2.27. The van der Waals surface area contributed by atoms with Crippen LogP contribution in [0.5, 0.6) is 11.5 Å². The number of nitriles is 1. The zero-order chi connectivity index (χ0) is 22.9. The topological polar surface area (TPSA) is 70.7 Å². The predicted molar refractivity (Wildman–Crippen MR) is 119 cm³/mol. The normalized spacial score (nSPS) is 15.5. The van der Waals surface area contributed by atoms with Crippen molar-refractivity contribution in [1.82, 2.24) is 14.4 Å². The summed E-state index contributed by atoms with van der Waals surface area (Å²) in [4.78, 5) is 17.4. The number of amides is 1. The van der Waals surface area contributed by atoms with Crippen LogP contribution >= 0.6 is 11.6 Å². The Morgan fingerprint density at radius 3 is 2.61 bits per heavy atom. The fraction of sp³-hybridized carbons (Fsp3) is 0.250. The van der Waals surface area contributed by atoms with Gasteiger partial charge in [0.2, 0.25) is 6.79 Å². The van der Waals surface area contributed by atoms with E-state index in [2.05, 4.69) is 11.0 Å². The molecule has 5 rings (SSSR count). The van der Waals surface area contributed by atoms with Gasteiger partial charge in [-0.2, -0.15) is 5.26 Å². The summed E-state index contributed by atoms with van der Waals surface area (Å²) in [6.07, 6.45) is 1.63. The number of rotatable bonds is 4. The quantitative estimate of drug-likeness (QED) is 0.584. The van der Waals surface area contributed by atoms with Gasteiger partial charge in [0.1, 0.15) is 17.6 Å². The summed E-state index contributed by atoms with van der Waals surface area (Å²) >= 11 is 5.93. The van der Waals surface area contributed by atoms with Crippen molar-refractivity contribution in [2.45, 2.75) is 6.54 Å². The van der Waals surface area contributed by atoms with Gasteiger partial charge in [0.15, 0.2) is 11.5 Å². The molecule has 0 radical (unpaired) electrons. The summed E-state index contributed by atoms with van der Waals surface area (Å²) in [6.45, 7) is 3.45. The average molecular weight is 467 g/mol. The molecule has 0 saturated carbocycles. The van der Waals surface area contributed by atoms with Gasteiger partial charge in [-0.25, -0.2) is 4.39 Å². The Balaban J connectivity index is 1.29. The van der Waals surface area contributed by atoms with Crippen LogP contribution in [0.15, 0.2) is 48.7 Å². The Morgan fingerprint density at radius 2 is 1.85 bits per heavy atom. The highest BCUT2D eigenvalue weighted by atomic mass is 35.5. The molecule has 2 aliphatic heterocycles. The number of fused-ring (bicyclic) bond motifs is 1. The lowest BCUT2D eigenvalue weighted by molar-refractivity contribution is 0.0620. The van der Waals surface area contributed by atoms with Crippen LogP contribution in [0.2, 0.25) is 5.02 Å². The molecule has 9 heteroatoms. The van der Waals surface area contributed by atoms with Gasteiger partial charge < -0.3 is 18.9 Å². The van der Waals surface area contributed by atoms with E-state index in [1.807, 2.05) is 18.2 Å². The van der Waals surface area contributed by atoms with Crippen molar-refractivity contribution in [2.75, 3.05) is 33.0 Å². The minimum atomic E-state index is -0.542. The summed E-state index contributed by atoms with van der Waals surface area (Å²) in [5.41, 5.74) is 2.16. The summed E-state index contributed by atoms with van der Waals surface area (Å²) in [5.74, 6) is 0.735. The first kappa shape index (κ1) is 21.3. The fourth-order valence-corrected chi connectivity index (χ4v) is 4.32. The Labute approximate surface area is 195 Å². The Hall–Kier alpha value is -3.54. The number of piperazine rings is 1. The number of ether oxygens (including phenoxy) is 2. The lowest BCUT2D eigenvalue weighted by Crippen LogP contribution is -2.48. The zero-order valence-electron chi connectivity index (χ0n) is 17.6. The molecule has 1 amide bonds. The van der Waals surface area contributed by atoms with Crippen LogP contribution in [0, 0.1) is 17.1 Å². The molecule has 1 fully saturated rings. The lowest BCUT2D eigenvalue weighted by Gasteiger charge is -2.35. The molecular weight excluding hydrogens is 447 g/mol. The van der Waals surface area contributed by atoms with Crippen LogP contribution in [-0.4, -0.2) is 53.2 Å². The highest BCUT2D eigenvalue weighted by molar-refractivity contribution is 6.30. The number of benzene rings is 2. The minimum Gasteiger partial charge on any atom is -0.454 e. The number of hydrogen-bond acceptors (Lipinski definition) is 5. The highest BCUT2D eigenvalue weighted by Crippen LogP contribution is 2.33. The van der Waals surface area contributed by atoms with E-state index in [0.29, 0.717) is 31.9 Å². The van der Waals surface area contributed by atoms with Gasteiger partial charge in [-0.15, -0.1) is 0 Å². The second kappa shape index (κ2) is 8.77. The lowest BCUT2D eigenvalue weighted by atomic mass is 10.1.